The number of methoxy groups -OCH3 is 1. The predicted octanol–water partition coefficient (Wildman–Crippen LogP) is 2.50. The summed E-state index contributed by atoms with van der Waals surface area (Å²) in [6, 6.07) is 3.48. The van der Waals surface area contributed by atoms with Gasteiger partial charge in [-0.25, -0.2) is 0 Å². The van der Waals surface area contributed by atoms with Gasteiger partial charge in [-0.05, 0) is 30.8 Å². The molecule has 128 valence electrons. The van der Waals surface area contributed by atoms with Crippen molar-refractivity contribution in [1.82, 2.24) is 4.90 Å². The van der Waals surface area contributed by atoms with Crippen molar-refractivity contribution in [3.8, 4) is 17.2 Å². The van der Waals surface area contributed by atoms with Crippen LogP contribution in [0.15, 0.2) is 17.0 Å². The van der Waals surface area contributed by atoms with Crippen LogP contribution in [0.3, 0.4) is 0 Å². The van der Waals surface area contributed by atoms with Crippen molar-refractivity contribution < 1.29 is 28.5 Å². The summed E-state index contributed by atoms with van der Waals surface area (Å²) in [5.74, 6) is 1.43. The van der Waals surface area contributed by atoms with E-state index in [1.54, 1.807) is 18.2 Å². The van der Waals surface area contributed by atoms with Crippen molar-refractivity contribution in [3.63, 3.8) is 0 Å². The van der Waals surface area contributed by atoms with Gasteiger partial charge in [-0.3, -0.25) is 14.5 Å². The smallest absolute Gasteiger partial charge is 0.293 e. The molecule has 0 spiro atoms. The molecule has 2 heterocycles. The third-order valence-electron chi connectivity index (χ3n) is 3.48. The maximum atomic E-state index is 12.4. The Morgan fingerprint density at radius 2 is 2.04 bits per heavy atom. The van der Waals surface area contributed by atoms with E-state index in [0.717, 1.165) is 11.8 Å². The molecule has 1 fully saturated rings. The average Bonchev–Trinajstić information content (AvgIpc) is 3.11. The van der Waals surface area contributed by atoms with Crippen molar-refractivity contribution in [2.24, 2.45) is 0 Å². The summed E-state index contributed by atoms with van der Waals surface area (Å²) in [4.78, 5) is 25.9. The highest BCUT2D eigenvalue weighted by Crippen LogP contribution is 2.41. The summed E-state index contributed by atoms with van der Waals surface area (Å²) in [5.41, 5.74) is 0.665. The summed E-state index contributed by atoms with van der Waals surface area (Å²) < 4.78 is 21.2. The molecule has 1 aromatic carbocycles. The van der Waals surface area contributed by atoms with E-state index in [1.165, 1.54) is 12.0 Å². The molecular formula is C16H17NO6S. The fourth-order valence-corrected chi connectivity index (χ4v) is 3.20. The van der Waals surface area contributed by atoms with Crippen LogP contribution in [0.1, 0.15) is 12.5 Å². The van der Waals surface area contributed by atoms with Crippen molar-refractivity contribution in [2.75, 3.05) is 33.7 Å². The van der Waals surface area contributed by atoms with Gasteiger partial charge in [0.15, 0.2) is 11.5 Å². The van der Waals surface area contributed by atoms with Crippen LogP contribution < -0.4 is 14.2 Å². The fourth-order valence-electron chi connectivity index (χ4n) is 2.35. The lowest BCUT2D eigenvalue weighted by Crippen LogP contribution is -2.31. The Hall–Kier alpha value is -2.19. The lowest BCUT2D eigenvalue weighted by atomic mass is 10.1. The van der Waals surface area contributed by atoms with Crippen LogP contribution in [0.2, 0.25) is 0 Å². The number of carbonyl (C=O) groups excluding carboxylic acids is 2. The summed E-state index contributed by atoms with van der Waals surface area (Å²) in [5, 5.41) is -0.304. The molecule has 0 aromatic heterocycles. The molecule has 2 aliphatic heterocycles. The van der Waals surface area contributed by atoms with Gasteiger partial charge < -0.3 is 18.9 Å². The molecule has 0 bridgehead atoms. The minimum absolute atomic E-state index is 0.151. The number of ether oxygens (including phenoxy) is 4. The molecular weight excluding hydrogens is 334 g/mol. The van der Waals surface area contributed by atoms with E-state index >= 15 is 0 Å². The molecule has 0 aliphatic carbocycles. The second kappa shape index (κ2) is 7.14. The largest absolute Gasteiger partial charge is 0.493 e. The number of imide groups is 1. The molecule has 2 amide bonds. The Balaban J connectivity index is 1.90. The Kier molecular flexibility index (Phi) is 4.96. The highest BCUT2D eigenvalue weighted by molar-refractivity contribution is 8.18. The normalized spacial score (nSPS) is 17.9. The molecule has 1 aromatic rings. The van der Waals surface area contributed by atoms with Crippen molar-refractivity contribution in [2.45, 2.75) is 6.92 Å². The first-order chi connectivity index (χ1) is 11.6. The Bertz CT molecular complexity index is 702. The van der Waals surface area contributed by atoms with Crippen LogP contribution in [0.5, 0.6) is 17.2 Å². The maximum absolute atomic E-state index is 12.4. The number of benzene rings is 1. The number of nitrogens with zero attached hydrogens (tertiary/aromatic N) is 1. The van der Waals surface area contributed by atoms with Gasteiger partial charge >= 0.3 is 0 Å². The first-order valence-corrected chi connectivity index (χ1v) is 8.26. The number of carbonyl (C=O) groups is 2. The van der Waals surface area contributed by atoms with Crippen molar-refractivity contribution in [3.05, 3.63) is 22.6 Å². The molecule has 0 saturated carbocycles. The maximum Gasteiger partial charge on any atom is 0.293 e. The predicted molar refractivity (Wildman–Crippen MR) is 88.3 cm³/mol. The van der Waals surface area contributed by atoms with Crippen molar-refractivity contribution in [1.29, 1.82) is 0 Å². The average molecular weight is 351 g/mol. The van der Waals surface area contributed by atoms with Crippen LogP contribution in [-0.2, 0) is 9.53 Å². The zero-order valence-corrected chi connectivity index (χ0v) is 14.2. The van der Waals surface area contributed by atoms with Gasteiger partial charge in [0.05, 0.1) is 24.7 Å². The van der Waals surface area contributed by atoms with Gasteiger partial charge in [0.25, 0.3) is 11.1 Å². The van der Waals surface area contributed by atoms with Gasteiger partial charge in [0.2, 0.25) is 6.79 Å². The highest BCUT2D eigenvalue weighted by Gasteiger charge is 2.35. The number of hydrogen-bond donors (Lipinski definition) is 0. The summed E-state index contributed by atoms with van der Waals surface area (Å²) in [6.07, 6.45) is 1.64. The van der Waals surface area contributed by atoms with E-state index in [2.05, 4.69) is 0 Å². The zero-order valence-electron chi connectivity index (χ0n) is 13.4. The van der Waals surface area contributed by atoms with E-state index < -0.39 is 0 Å². The minimum Gasteiger partial charge on any atom is -0.493 e. The van der Waals surface area contributed by atoms with E-state index in [9.17, 15) is 9.59 Å². The summed E-state index contributed by atoms with van der Waals surface area (Å²) >= 11 is 0.902. The molecule has 0 radical (unpaired) electrons. The minimum atomic E-state index is -0.331. The fraction of sp³-hybridized carbons (Fsp3) is 0.375. The highest BCUT2D eigenvalue weighted by atomic mass is 32.2. The number of thioether (sulfide) groups is 1. The molecule has 8 heteroatoms. The van der Waals surface area contributed by atoms with E-state index in [-0.39, 0.29) is 24.5 Å². The zero-order chi connectivity index (χ0) is 17.1. The molecule has 1 saturated heterocycles. The molecule has 7 nitrogen and oxygen atoms in total. The summed E-state index contributed by atoms with van der Waals surface area (Å²) in [6.45, 7) is 3.03. The molecule has 24 heavy (non-hydrogen) atoms. The SMILES string of the molecule is CCOc1cc2c(cc1/C=C1/SC(=O)N(CCOC)C1=O)OCO2. The third kappa shape index (κ3) is 3.20. The monoisotopic (exact) mass is 351 g/mol. The van der Waals surface area contributed by atoms with Gasteiger partial charge in [0, 0.05) is 18.7 Å². The first kappa shape index (κ1) is 16.7. The van der Waals surface area contributed by atoms with Crippen LogP contribution >= 0.6 is 11.8 Å². The molecule has 0 atom stereocenters. The molecule has 2 aliphatic rings. The van der Waals surface area contributed by atoms with Gasteiger partial charge in [-0.15, -0.1) is 0 Å². The van der Waals surface area contributed by atoms with Gasteiger partial charge in [-0.1, -0.05) is 0 Å². The van der Waals surface area contributed by atoms with Crippen LogP contribution in [0.4, 0.5) is 4.79 Å². The quantitative estimate of drug-likeness (QED) is 0.729. The van der Waals surface area contributed by atoms with Crippen LogP contribution in [0, 0.1) is 0 Å². The lowest BCUT2D eigenvalue weighted by Gasteiger charge is -2.11. The van der Waals surface area contributed by atoms with E-state index in [4.69, 9.17) is 18.9 Å². The summed E-state index contributed by atoms with van der Waals surface area (Å²) in [7, 11) is 1.52. The number of hydrogen-bond acceptors (Lipinski definition) is 7. The van der Waals surface area contributed by atoms with Crippen molar-refractivity contribution >= 4 is 29.0 Å². The van der Waals surface area contributed by atoms with Crippen LogP contribution in [-0.4, -0.2) is 49.7 Å². The molecule has 0 unspecified atom stereocenters. The third-order valence-corrected chi connectivity index (χ3v) is 4.39. The number of amides is 2. The second-order valence-corrected chi connectivity index (χ2v) is 6.00. The molecule has 0 N–H and O–H groups in total. The number of fused-ring (bicyclic) bond motifs is 1. The van der Waals surface area contributed by atoms with E-state index in [1.807, 2.05) is 6.92 Å². The molecule has 3 rings (SSSR count). The number of rotatable bonds is 6. The Morgan fingerprint density at radius 3 is 2.75 bits per heavy atom. The first-order valence-electron chi connectivity index (χ1n) is 7.44. The topological polar surface area (TPSA) is 74.3 Å². The van der Waals surface area contributed by atoms with Gasteiger partial charge in [-0.2, -0.15) is 0 Å². The van der Waals surface area contributed by atoms with Crippen LogP contribution in [0.25, 0.3) is 6.08 Å². The van der Waals surface area contributed by atoms with Gasteiger partial charge in [0.1, 0.15) is 5.75 Å². The Labute approximate surface area is 143 Å². The lowest BCUT2D eigenvalue weighted by molar-refractivity contribution is -0.123. The van der Waals surface area contributed by atoms with E-state index in [0.29, 0.717) is 40.9 Å². The Morgan fingerprint density at radius 1 is 1.29 bits per heavy atom. The standard InChI is InChI=1S/C16H17NO6S/c1-3-21-11-8-13-12(22-9-23-13)6-10(11)7-14-15(18)17(4-5-20-2)16(19)24-14/h6-8H,3-5,9H2,1-2H3/b14-7+. The second-order valence-electron chi connectivity index (χ2n) is 5.00.